The van der Waals surface area contributed by atoms with E-state index in [0.717, 1.165) is 44.1 Å². The molecule has 3 saturated carbocycles. The molecule has 2 N–H and O–H groups in total. The molecule has 3 fully saturated rings. The van der Waals surface area contributed by atoms with Crippen LogP contribution in [-0.2, 0) is 16.6 Å². The van der Waals surface area contributed by atoms with Gasteiger partial charge in [-0.2, -0.15) is 0 Å². The second kappa shape index (κ2) is 4.34. The summed E-state index contributed by atoms with van der Waals surface area (Å²) in [6.45, 7) is 0. The fourth-order valence-electron chi connectivity index (χ4n) is 3.75. The van der Waals surface area contributed by atoms with E-state index in [4.69, 9.17) is 5.11 Å². The Labute approximate surface area is 113 Å². The highest BCUT2D eigenvalue weighted by Crippen LogP contribution is 2.53. The number of hydrogen-bond donors (Lipinski definition) is 2. The van der Waals surface area contributed by atoms with Crippen LogP contribution in [0.1, 0.15) is 49.7 Å². The Balaban J connectivity index is 1.81. The largest absolute Gasteiger partial charge is 0.481 e. The van der Waals surface area contributed by atoms with Crippen LogP contribution in [-0.4, -0.2) is 21.8 Å². The van der Waals surface area contributed by atoms with Crippen LogP contribution in [0.25, 0.3) is 0 Å². The molecule has 0 aromatic heterocycles. The van der Waals surface area contributed by atoms with Crippen LogP contribution in [0.3, 0.4) is 0 Å². The Bertz CT molecular complexity index is 465. The number of benzene rings is 1. The van der Waals surface area contributed by atoms with E-state index in [0.29, 0.717) is 0 Å². The molecule has 0 aliphatic heterocycles. The third kappa shape index (κ3) is 2.27. The molecule has 2 bridgehead atoms. The first kappa shape index (κ1) is 12.7. The Morgan fingerprint density at radius 3 is 2.00 bits per heavy atom. The van der Waals surface area contributed by atoms with Crippen LogP contribution in [0.4, 0.5) is 0 Å². The monoisotopic (exact) mass is 260 g/mol. The number of aliphatic carboxylic acids is 1. The Morgan fingerprint density at radius 1 is 1.00 bits per heavy atom. The molecular weight excluding hydrogens is 240 g/mol. The summed E-state index contributed by atoms with van der Waals surface area (Å²) < 4.78 is 0. The van der Waals surface area contributed by atoms with Crippen molar-refractivity contribution in [2.24, 2.45) is 0 Å². The highest BCUT2D eigenvalue weighted by atomic mass is 16.4. The molecule has 19 heavy (non-hydrogen) atoms. The summed E-state index contributed by atoms with van der Waals surface area (Å²) in [7, 11) is 0. The minimum absolute atomic E-state index is 0.0903. The zero-order valence-corrected chi connectivity index (χ0v) is 11.1. The van der Waals surface area contributed by atoms with Crippen molar-refractivity contribution >= 4 is 5.97 Å². The van der Waals surface area contributed by atoms with E-state index in [1.165, 1.54) is 5.56 Å². The average Bonchev–Trinajstić information content (AvgIpc) is 2.40. The number of carbonyl (C=O) groups is 1. The highest BCUT2D eigenvalue weighted by molar-refractivity contribution is 5.70. The first-order valence-electron chi connectivity index (χ1n) is 7.05. The molecule has 1 aromatic rings. The molecular formula is C16H20O3. The van der Waals surface area contributed by atoms with Gasteiger partial charge in [-0.15, -0.1) is 0 Å². The maximum absolute atomic E-state index is 10.7. The predicted molar refractivity (Wildman–Crippen MR) is 72.1 cm³/mol. The summed E-state index contributed by atoms with van der Waals surface area (Å²) in [6, 6.07) is 8.06. The van der Waals surface area contributed by atoms with E-state index >= 15 is 0 Å². The van der Waals surface area contributed by atoms with Crippen LogP contribution in [0, 0.1) is 0 Å². The molecule has 3 aliphatic rings. The lowest BCUT2D eigenvalue weighted by Crippen LogP contribution is -2.48. The zero-order valence-electron chi connectivity index (χ0n) is 11.1. The number of rotatable bonds is 3. The van der Waals surface area contributed by atoms with Crippen molar-refractivity contribution in [2.45, 2.75) is 56.0 Å². The lowest BCUT2D eigenvalue weighted by molar-refractivity contribution is -0.136. The van der Waals surface area contributed by atoms with Gasteiger partial charge in [-0.05, 0) is 55.1 Å². The van der Waals surface area contributed by atoms with E-state index in [-0.39, 0.29) is 11.8 Å². The van der Waals surface area contributed by atoms with Gasteiger partial charge >= 0.3 is 5.97 Å². The van der Waals surface area contributed by atoms with Crippen LogP contribution in [0.2, 0.25) is 0 Å². The number of hydrogen-bond acceptors (Lipinski definition) is 2. The molecule has 3 aliphatic carbocycles. The van der Waals surface area contributed by atoms with E-state index in [1.54, 1.807) is 0 Å². The van der Waals surface area contributed by atoms with Crippen LogP contribution >= 0.6 is 0 Å². The van der Waals surface area contributed by atoms with Crippen molar-refractivity contribution in [3.8, 4) is 0 Å². The van der Waals surface area contributed by atoms with Crippen molar-refractivity contribution in [3.05, 3.63) is 35.4 Å². The van der Waals surface area contributed by atoms with Gasteiger partial charge < -0.3 is 10.2 Å². The van der Waals surface area contributed by atoms with Crippen LogP contribution < -0.4 is 0 Å². The lowest BCUT2D eigenvalue weighted by Gasteiger charge is -2.51. The summed E-state index contributed by atoms with van der Waals surface area (Å²) in [5, 5.41) is 19.0. The number of fused-ring (bicyclic) bond motifs is 3. The van der Waals surface area contributed by atoms with Gasteiger partial charge in [0.15, 0.2) is 0 Å². The fraction of sp³-hybridized carbons (Fsp3) is 0.562. The van der Waals surface area contributed by atoms with Gasteiger partial charge in [-0.25, -0.2) is 0 Å². The van der Waals surface area contributed by atoms with Crippen molar-refractivity contribution < 1.29 is 15.0 Å². The molecule has 0 saturated heterocycles. The standard InChI is InChI=1S/C16H20O3/c17-14(18)11-12-1-3-13(4-2-12)15-5-8-16(19,9-6-15)10-7-15/h1-4,19H,5-11H2,(H,17,18). The van der Waals surface area contributed by atoms with Gasteiger partial charge in [-0.1, -0.05) is 24.3 Å². The van der Waals surface area contributed by atoms with Crippen molar-refractivity contribution in [2.75, 3.05) is 0 Å². The Morgan fingerprint density at radius 2 is 1.53 bits per heavy atom. The predicted octanol–water partition coefficient (Wildman–Crippen LogP) is 2.65. The van der Waals surface area contributed by atoms with E-state index in [2.05, 4.69) is 12.1 Å². The fourth-order valence-corrected chi connectivity index (χ4v) is 3.75. The van der Waals surface area contributed by atoms with Gasteiger partial charge in [0.2, 0.25) is 0 Å². The molecule has 3 nitrogen and oxygen atoms in total. The Hall–Kier alpha value is -1.35. The molecule has 0 heterocycles. The SMILES string of the molecule is O=C(O)Cc1ccc(C23CCC(O)(CC2)CC3)cc1. The van der Waals surface area contributed by atoms with Crippen LogP contribution in [0.5, 0.6) is 0 Å². The van der Waals surface area contributed by atoms with Gasteiger partial charge in [0.1, 0.15) is 0 Å². The molecule has 3 heteroatoms. The highest BCUT2D eigenvalue weighted by Gasteiger charge is 2.48. The molecule has 4 rings (SSSR count). The number of aliphatic hydroxyl groups is 1. The molecule has 102 valence electrons. The zero-order chi connectivity index (χ0) is 13.5. The Kier molecular flexibility index (Phi) is 2.90. The van der Waals surface area contributed by atoms with Gasteiger partial charge in [-0.3, -0.25) is 4.79 Å². The smallest absolute Gasteiger partial charge is 0.307 e. The van der Waals surface area contributed by atoms with E-state index < -0.39 is 11.6 Å². The third-order valence-electron chi connectivity index (χ3n) is 5.13. The number of carboxylic acids is 1. The summed E-state index contributed by atoms with van der Waals surface area (Å²) in [4.78, 5) is 10.7. The summed E-state index contributed by atoms with van der Waals surface area (Å²) in [5.41, 5.74) is 2.01. The van der Waals surface area contributed by atoms with Gasteiger partial charge in [0.25, 0.3) is 0 Å². The molecule has 0 atom stereocenters. The molecule has 0 unspecified atom stereocenters. The topological polar surface area (TPSA) is 57.5 Å². The van der Waals surface area contributed by atoms with Gasteiger partial charge in [0, 0.05) is 0 Å². The minimum atomic E-state index is -0.786. The third-order valence-corrected chi connectivity index (χ3v) is 5.13. The molecule has 0 spiro atoms. The van der Waals surface area contributed by atoms with E-state index in [9.17, 15) is 9.90 Å². The first-order chi connectivity index (χ1) is 9.01. The average molecular weight is 260 g/mol. The second-order valence-electron chi connectivity index (χ2n) is 6.27. The normalized spacial score (nSPS) is 33.3. The van der Waals surface area contributed by atoms with E-state index in [1.807, 2.05) is 12.1 Å². The van der Waals surface area contributed by atoms with Crippen molar-refractivity contribution in [1.82, 2.24) is 0 Å². The molecule has 0 radical (unpaired) electrons. The van der Waals surface area contributed by atoms with Crippen molar-refractivity contribution in [3.63, 3.8) is 0 Å². The summed E-state index contributed by atoms with van der Waals surface area (Å²) in [6.07, 6.45) is 5.98. The summed E-state index contributed by atoms with van der Waals surface area (Å²) >= 11 is 0. The van der Waals surface area contributed by atoms with Gasteiger partial charge in [0.05, 0.1) is 12.0 Å². The van der Waals surface area contributed by atoms with Crippen LogP contribution in [0.15, 0.2) is 24.3 Å². The maximum atomic E-state index is 10.7. The lowest BCUT2D eigenvalue weighted by atomic mass is 9.56. The minimum Gasteiger partial charge on any atom is -0.481 e. The molecule has 1 aromatic carbocycles. The maximum Gasteiger partial charge on any atom is 0.307 e. The first-order valence-corrected chi connectivity index (χ1v) is 7.05. The van der Waals surface area contributed by atoms with Crippen molar-refractivity contribution in [1.29, 1.82) is 0 Å². The summed E-state index contributed by atoms with van der Waals surface area (Å²) in [5.74, 6) is -0.786. The molecule has 0 amide bonds. The second-order valence-corrected chi connectivity index (χ2v) is 6.27. The quantitative estimate of drug-likeness (QED) is 0.878. The number of carboxylic acid groups (broad SMARTS) is 1.